The average Bonchev–Trinajstić information content (AvgIpc) is 2.49. The van der Waals surface area contributed by atoms with Gasteiger partial charge in [0.1, 0.15) is 0 Å². The zero-order chi connectivity index (χ0) is 14.4. The normalized spacial score (nSPS) is 11.8. The molecule has 1 unspecified atom stereocenters. The minimum Gasteiger partial charge on any atom is -0.312 e. The summed E-state index contributed by atoms with van der Waals surface area (Å²) in [6.45, 7) is 6.07. The lowest BCUT2D eigenvalue weighted by Crippen LogP contribution is -2.20. The lowest BCUT2D eigenvalue weighted by molar-refractivity contribution is 0.614. The summed E-state index contributed by atoms with van der Waals surface area (Å²) in [7, 11) is 0. The van der Waals surface area contributed by atoms with Gasteiger partial charge in [0.15, 0.2) is 0 Å². The highest BCUT2D eigenvalue weighted by Crippen LogP contribution is 2.14. The molecule has 102 valence electrons. The summed E-state index contributed by atoms with van der Waals surface area (Å²) >= 11 is 0. The summed E-state index contributed by atoms with van der Waals surface area (Å²) in [5, 5.41) is 12.4. The Morgan fingerprint density at radius 3 is 2.55 bits per heavy atom. The van der Waals surface area contributed by atoms with Crippen LogP contribution < -0.4 is 5.32 Å². The first-order valence-electron chi connectivity index (χ1n) is 6.96. The number of nitrogens with one attached hydrogen (secondary N) is 1. The molecule has 1 atom stereocenters. The fourth-order valence-corrected chi connectivity index (χ4v) is 2.29. The van der Waals surface area contributed by atoms with Crippen molar-refractivity contribution in [3.63, 3.8) is 0 Å². The van der Waals surface area contributed by atoms with E-state index >= 15 is 0 Å². The molecule has 0 spiro atoms. The van der Waals surface area contributed by atoms with Gasteiger partial charge in [0.25, 0.3) is 0 Å². The van der Waals surface area contributed by atoms with Crippen LogP contribution in [0.2, 0.25) is 0 Å². The fourth-order valence-electron chi connectivity index (χ4n) is 2.29. The van der Waals surface area contributed by atoms with Gasteiger partial charge in [-0.15, -0.1) is 0 Å². The number of hydrogen-bond donors (Lipinski definition) is 1. The Bertz CT molecular complexity index is 597. The maximum Gasteiger partial charge on any atom is 0.0991 e. The average molecular weight is 264 g/mol. The van der Waals surface area contributed by atoms with E-state index in [2.05, 4.69) is 49.5 Å². The van der Waals surface area contributed by atoms with Crippen LogP contribution in [0.4, 0.5) is 0 Å². The molecule has 0 aliphatic heterocycles. The molecule has 20 heavy (non-hydrogen) atoms. The summed E-state index contributed by atoms with van der Waals surface area (Å²) in [4.78, 5) is 0. The summed E-state index contributed by atoms with van der Waals surface area (Å²) in [5.74, 6) is 0.495. The van der Waals surface area contributed by atoms with Crippen molar-refractivity contribution >= 4 is 0 Å². The van der Waals surface area contributed by atoms with Gasteiger partial charge in [-0.3, -0.25) is 0 Å². The van der Waals surface area contributed by atoms with E-state index in [0.717, 1.165) is 18.7 Å². The van der Waals surface area contributed by atoms with E-state index in [-0.39, 0.29) is 0 Å². The molecule has 2 heteroatoms. The highest BCUT2D eigenvalue weighted by Gasteiger charge is 2.05. The van der Waals surface area contributed by atoms with Crippen LogP contribution in [0, 0.1) is 18.3 Å². The Balaban J connectivity index is 1.89. The predicted molar refractivity (Wildman–Crippen MR) is 82.5 cm³/mol. The summed E-state index contributed by atoms with van der Waals surface area (Å²) in [5.41, 5.74) is 4.51. The van der Waals surface area contributed by atoms with Crippen molar-refractivity contribution in [2.45, 2.75) is 26.3 Å². The van der Waals surface area contributed by atoms with E-state index in [9.17, 15) is 0 Å². The molecule has 0 saturated heterocycles. The van der Waals surface area contributed by atoms with Crippen molar-refractivity contribution in [1.29, 1.82) is 5.26 Å². The van der Waals surface area contributed by atoms with Gasteiger partial charge < -0.3 is 5.32 Å². The lowest BCUT2D eigenvalue weighted by Gasteiger charge is -2.14. The van der Waals surface area contributed by atoms with Crippen LogP contribution in [0.5, 0.6) is 0 Å². The molecule has 2 nitrogen and oxygen atoms in total. The van der Waals surface area contributed by atoms with E-state index < -0.39 is 0 Å². The van der Waals surface area contributed by atoms with Crippen molar-refractivity contribution < 1.29 is 0 Å². The standard InChI is InChI=1S/C18H20N2/c1-14-10-16(11-19)8-9-18(14)13-20-12-15(2)17-6-4-3-5-7-17/h3-10,15,20H,12-13H2,1-2H3. The minimum atomic E-state index is 0.495. The molecule has 0 fully saturated rings. The van der Waals surface area contributed by atoms with Crippen LogP contribution >= 0.6 is 0 Å². The molecule has 0 radical (unpaired) electrons. The fraction of sp³-hybridized carbons (Fsp3) is 0.278. The largest absolute Gasteiger partial charge is 0.312 e. The Morgan fingerprint density at radius 2 is 1.90 bits per heavy atom. The molecule has 0 heterocycles. The van der Waals surface area contributed by atoms with Crippen LogP contribution in [0.3, 0.4) is 0 Å². The van der Waals surface area contributed by atoms with Crippen molar-refractivity contribution in [2.75, 3.05) is 6.54 Å². The van der Waals surface area contributed by atoms with Gasteiger partial charge >= 0.3 is 0 Å². The maximum atomic E-state index is 8.86. The number of benzene rings is 2. The molecular formula is C18H20N2. The monoisotopic (exact) mass is 264 g/mol. The third kappa shape index (κ3) is 3.69. The first-order valence-corrected chi connectivity index (χ1v) is 6.96. The Labute approximate surface area is 121 Å². The number of nitrogens with zero attached hydrogens (tertiary/aromatic N) is 1. The highest BCUT2D eigenvalue weighted by molar-refractivity contribution is 5.37. The molecule has 0 amide bonds. The van der Waals surface area contributed by atoms with E-state index in [1.54, 1.807) is 0 Å². The van der Waals surface area contributed by atoms with Crippen molar-refractivity contribution in [1.82, 2.24) is 5.32 Å². The number of rotatable bonds is 5. The molecule has 1 N–H and O–H groups in total. The SMILES string of the molecule is Cc1cc(C#N)ccc1CNCC(C)c1ccccc1. The van der Waals surface area contributed by atoms with E-state index in [1.807, 2.05) is 24.3 Å². The van der Waals surface area contributed by atoms with Crippen molar-refractivity contribution in [2.24, 2.45) is 0 Å². The summed E-state index contributed by atoms with van der Waals surface area (Å²) in [6.07, 6.45) is 0. The zero-order valence-corrected chi connectivity index (χ0v) is 12.1. The van der Waals surface area contributed by atoms with Crippen LogP contribution in [-0.2, 0) is 6.54 Å². The van der Waals surface area contributed by atoms with Crippen LogP contribution in [0.25, 0.3) is 0 Å². The number of nitriles is 1. The molecule has 0 aliphatic carbocycles. The van der Waals surface area contributed by atoms with Crippen molar-refractivity contribution in [3.05, 3.63) is 70.8 Å². The number of hydrogen-bond acceptors (Lipinski definition) is 2. The van der Waals surface area contributed by atoms with Crippen molar-refractivity contribution in [3.8, 4) is 6.07 Å². The van der Waals surface area contributed by atoms with Crippen LogP contribution in [0.15, 0.2) is 48.5 Å². The highest BCUT2D eigenvalue weighted by atomic mass is 14.9. The molecule has 2 aromatic rings. The second kappa shape index (κ2) is 6.88. The minimum absolute atomic E-state index is 0.495. The second-order valence-corrected chi connectivity index (χ2v) is 5.20. The van der Waals surface area contributed by atoms with E-state index in [1.165, 1.54) is 16.7 Å². The summed E-state index contributed by atoms with van der Waals surface area (Å²) in [6, 6.07) is 18.6. The third-order valence-corrected chi connectivity index (χ3v) is 3.61. The molecule has 0 bridgehead atoms. The van der Waals surface area contributed by atoms with Gasteiger partial charge in [0.2, 0.25) is 0 Å². The van der Waals surface area contributed by atoms with Gasteiger partial charge in [-0.2, -0.15) is 5.26 Å². The van der Waals surface area contributed by atoms with Crippen LogP contribution in [-0.4, -0.2) is 6.54 Å². The quantitative estimate of drug-likeness (QED) is 0.892. The smallest absolute Gasteiger partial charge is 0.0991 e. The first kappa shape index (κ1) is 14.3. The Kier molecular flexibility index (Phi) is 4.92. The third-order valence-electron chi connectivity index (χ3n) is 3.61. The molecule has 2 rings (SSSR count). The topological polar surface area (TPSA) is 35.8 Å². The van der Waals surface area contributed by atoms with Gasteiger partial charge in [-0.1, -0.05) is 43.3 Å². The maximum absolute atomic E-state index is 8.86. The Morgan fingerprint density at radius 1 is 1.15 bits per heavy atom. The van der Waals surface area contributed by atoms with Gasteiger partial charge in [0, 0.05) is 13.1 Å². The molecule has 0 aromatic heterocycles. The molecule has 0 saturated carbocycles. The van der Waals surface area contributed by atoms with Gasteiger partial charge in [0.05, 0.1) is 11.6 Å². The summed E-state index contributed by atoms with van der Waals surface area (Å²) < 4.78 is 0. The molecule has 2 aromatic carbocycles. The van der Waals surface area contributed by atoms with Crippen LogP contribution in [0.1, 0.15) is 35.1 Å². The van der Waals surface area contributed by atoms with E-state index in [4.69, 9.17) is 5.26 Å². The molecular weight excluding hydrogens is 244 g/mol. The second-order valence-electron chi connectivity index (χ2n) is 5.20. The predicted octanol–water partition coefficient (Wildman–Crippen LogP) is 3.76. The first-order chi connectivity index (χ1) is 9.70. The zero-order valence-electron chi connectivity index (χ0n) is 12.1. The molecule has 0 aliphatic rings. The van der Waals surface area contributed by atoms with Gasteiger partial charge in [-0.25, -0.2) is 0 Å². The van der Waals surface area contributed by atoms with E-state index in [0.29, 0.717) is 5.92 Å². The lowest BCUT2D eigenvalue weighted by atomic mass is 10.0. The Hall–Kier alpha value is -2.11. The van der Waals surface area contributed by atoms with Gasteiger partial charge in [-0.05, 0) is 41.7 Å². The number of aryl methyl sites for hydroxylation is 1.